The van der Waals surface area contributed by atoms with Crippen LogP contribution < -0.4 is 21.7 Å². The maximum atomic E-state index is 13.4. The van der Waals surface area contributed by atoms with Gasteiger partial charge in [-0.1, -0.05) is 44.5 Å². The molecular formula is C29H40N4O7S. The van der Waals surface area contributed by atoms with E-state index in [4.69, 9.17) is 5.73 Å². The number of rotatable bonds is 16. The molecule has 12 heteroatoms. The van der Waals surface area contributed by atoms with Gasteiger partial charge in [0.25, 0.3) is 0 Å². The Balaban J connectivity index is 2.13. The van der Waals surface area contributed by atoms with Gasteiger partial charge in [-0.2, -0.15) is 11.8 Å². The Morgan fingerprint density at radius 1 is 0.805 bits per heavy atom. The van der Waals surface area contributed by atoms with Crippen LogP contribution in [0.3, 0.4) is 0 Å². The number of carbonyl (C=O) groups excluding carboxylic acids is 3. The van der Waals surface area contributed by atoms with E-state index in [-0.39, 0.29) is 36.7 Å². The van der Waals surface area contributed by atoms with Crippen LogP contribution in [0.15, 0.2) is 48.5 Å². The molecule has 0 spiro atoms. The minimum Gasteiger partial charge on any atom is -0.508 e. The number of amides is 3. The van der Waals surface area contributed by atoms with E-state index in [1.54, 1.807) is 31.2 Å². The monoisotopic (exact) mass is 588 g/mol. The molecule has 0 heterocycles. The summed E-state index contributed by atoms with van der Waals surface area (Å²) < 4.78 is 0. The van der Waals surface area contributed by atoms with E-state index in [2.05, 4.69) is 16.0 Å². The van der Waals surface area contributed by atoms with E-state index in [0.29, 0.717) is 17.7 Å². The van der Waals surface area contributed by atoms with Crippen LogP contribution in [0.2, 0.25) is 0 Å². The van der Waals surface area contributed by atoms with E-state index < -0.39 is 47.9 Å². The van der Waals surface area contributed by atoms with Gasteiger partial charge in [0.05, 0.1) is 6.04 Å². The summed E-state index contributed by atoms with van der Waals surface area (Å²) in [7, 11) is 0. The Labute approximate surface area is 244 Å². The third-order valence-corrected chi connectivity index (χ3v) is 7.40. The zero-order valence-corrected chi connectivity index (χ0v) is 24.3. The van der Waals surface area contributed by atoms with Crippen molar-refractivity contribution in [2.24, 2.45) is 11.7 Å². The van der Waals surface area contributed by atoms with E-state index in [1.165, 1.54) is 36.0 Å². The summed E-state index contributed by atoms with van der Waals surface area (Å²) in [4.78, 5) is 51.4. The normalized spacial score (nSPS) is 14.6. The lowest BCUT2D eigenvalue weighted by Gasteiger charge is -2.28. The van der Waals surface area contributed by atoms with Gasteiger partial charge in [-0.15, -0.1) is 0 Å². The second kappa shape index (κ2) is 16.5. The van der Waals surface area contributed by atoms with Crippen LogP contribution in [-0.2, 0) is 32.0 Å². The summed E-state index contributed by atoms with van der Waals surface area (Å²) in [5, 5.41) is 36.6. The molecule has 0 aromatic heterocycles. The molecule has 0 aliphatic carbocycles. The van der Waals surface area contributed by atoms with Crippen LogP contribution in [0, 0.1) is 5.92 Å². The molecule has 224 valence electrons. The largest absolute Gasteiger partial charge is 0.508 e. The van der Waals surface area contributed by atoms with Crippen molar-refractivity contribution >= 4 is 35.5 Å². The fourth-order valence-electron chi connectivity index (χ4n) is 4.05. The molecule has 0 fully saturated rings. The van der Waals surface area contributed by atoms with E-state index in [0.717, 1.165) is 5.56 Å². The van der Waals surface area contributed by atoms with Crippen LogP contribution >= 0.6 is 11.8 Å². The van der Waals surface area contributed by atoms with Crippen LogP contribution in [-0.4, -0.2) is 75.2 Å². The predicted octanol–water partition coefficient (Wildman–Crippen LogP) is 1.55. The first kappa shape index (κ1) is 33.4. The summed E-state index contributed by atoms with van der Waals surface area (Å²) in [5.41, 5.74) is 7.43. The number of hydrogen-bond donors (Lipinski definition) is 7. The number of nitrogens with one attached hydrogen (secondary N) is 3. The molecule has 0 saturated heterocycles. The third-order valence-electron chi connectivity index (χ3n) is 6.76. The Hall–Kier alpha value is -3.77. The molecule has 5 unspecified atom stereocenters. The third kappa shape index (κ3) is 11.0. The summed E-state index contributed by atoms with van der Waals surface area (Å²) in [6, 6.07) is 8.06. The second-order valence-corrected chi connectivity index (χ2v) is 10.9. The average molecular weight is 589 g/mol. The van der Waals surface area contributed by atoms with Gasteiger partial charge in [0.2, 0.25) is 17.7 Å². The lowest BCUT2D eigenvalue weighted by Crippen LogP contribution is -2.59. The first-order valence-corrected chi connectivity index (χ1v) is 14.8. The SMILES string of the molecule is CCC(C)C(NC(=O)C(CCSC)NC(=O)C(N)Cc1ccc(O)cc1)C(=O)NC(Cc1ccc(O)cc1)C(=O)O. The summed E-state index contributed by atoms with van der Waals surface area (Å²) >= 11 is 1.49. The minimum absolute atomic E-state index is 0.0200. The molecule has 2 aromatic carbocycles. The van der Waals surface area contributed by atoms with Crippen molar-refractivity contribution in [2.75, 3.05) is 12.0 Å². The number of phenols is 2. The van der Waals surface area contributed by atoms with Crippen LogP contribution in [0.25, 0.3) is 0 Å². The van der Waals surface area contributed by atoms with Crippen LogP contribution in [0.4, 0.5) is 0 Å². The van der Waals surface area contributed by atoms with Gasteiger partial charge in [0.15, 0.2) is 0 Å². The molecule has 41 heavy (non-hydrogen) atoms. The number of carboxylic acids is 1. The predicted molar refractivity (Wildman–Crippen MR) is 157 cm³/mol. The van der Waals surface area contributed by atoms with Crippen molar-refractivity contribution in [3.8, 4) is 11.5 Å². The topological polar surface area (TPSA) is 191 Å². The van der Waals surface area contributed by atoms with Crippen molar-refractivity contribution < 1.29 is 34.5 Å². The molecule has 3 amide bonds. The fourth-order valence-corrected chi connectivity index (χ4v) is 4.52. The maximum absolute atomic E-state index is 13.4. The number of carboxylic acid groups (broad SMARTS) is 1. The molecule has 2 aromatic rings. The van der Waals surface area contributed by atoms with Crippen LogP contribution in [0.1, 0.15) is 37.8 Å². The van der Waals surface area contributed by atoms with E-state index >= 15 is 0 Å². The number of benzene rings is 2. The van der Waals surface area contributed by atoms with Crippen molar-refractivity contribution in [3.63, 3.8) is 0 Å². The fraction of sp³-hybridized carbons (Fsp3) is 0.448. The number of aromatic hydroxyl groups is 2. The van der Waals surface area contributed by atoms with Gasteiger partial charge in [0, 0.05) is 6.42 Å². The molecule has 0 bridgehead atoms. The Bertz CT molecular complexity index is 1160. The lowest BCUT2D eigenvalue weighted by atomic mass is 9.96. The summed E-state index contributed by atoms with van der Waals surface area (Å²) in [5.74, 6) is -2.66. The standard InChI is InChI=1S/C29H40N4O7S/c1-4-17(2)25(28(38)32-24(29(39)40)16-19-7-11-21(35)12-8-19)33-27(37)23(13-14-41-3)31-26(36)22(30)15-18-5-9-20(34)10-6-18/h5-12,17,22-25,34-35H,4,13-16,30H2,1-3H3,(H,31,36)(H,32,38)(H,33,37)(H,39,40). The average Bonchev–Trinajstić information content (AvgIpc) is 2.94. The smallest absolute Gasteiger partial charge is 0.326 e. The van der Waals surface area contributed by atoms with Gasteiger partial charge >= 0.3 is 5.97 Å². The molecule has 0 aliphatic heterocycles. The molecule has 0 radical (unpaired) electrons. The zero-order chi connectivity index (χ0) is 30.5. The first-order chi connectivity index (χ1) is 19.4. The lowest BCUT2D eigenvalue weighted by molar-refractivity contribution is -0.142. The first-order valence-electron chi connectivity index (χ1n) is 13.4. The number of aliphatic carboxylic acids is 1. The van der Waals surface area contributed by atoms with Gasteiger partial charge < -0.3 is 37.0 Å². The number of thioether (sulfide) groups is 1. The summed E-state index contributed by atoms with van der Waals surface area (Å²) in [6.07, 6.45) is 2.85. The number of nitrogens with two attached hydrogens (primary N) is 1. The minimum atomic E-state index is -1.26. The molecular weight excluding hydrogens is 548 g/mol. The molecule has 2 rings (SSSR count). The quantitative estimate of drug-likeness (QED) is 0.152. The van der Waals surface area contributed by atoms with Crippen molar-refractivity contribution in [1.29, 1.82) is 0 Å². The van der Waals surface area contributed by atoms with Crippen molar-refractivity contribution in [3.05, 3.63) is 59.7 Å². The maximum Gasteiger partial charge on any atom is 0.326 e. The Morgan fingerprint density at radius 2 is 1.32 bits per heavy atom. The van der Waals surface area contributed by atoms with Gasteiger partial charge in [0.1, 0.15) is 29.6 Å². The highest BCUT2D eigenvalue weighted by molar-refractivity contribution is 7.98. The van der Waals surface area contributed by atoms with Gasteiger partial charge in [-0.25, -0.2) is 4.79 Å². The Morgan fingerprint density at radius 3 is 1.80 bits per heavy atom. The molecule has 8 N–H and O–H groups in total. The van der Waals surface area contributed by atoms with Crippen LogP contribution in [0.5, 0.6) is 11.5 Å². The molecule has 0 aliphatic rings. The molecule has 5 atom stereocenters. The van der Waals surface area contributed by atoms with E-state index in [9.17, 15) is 34.5 Å². The van der Waals surface area contributed by atoms with Gasteiger partial charge in [-0.3, -0.25) is 14.4 Å². The Kier molecular flexibility index (Phi) is 13.4. The number of hydrogen-bond acceptors (Lipinski definition) is 8. The van der Waals surface area contributed by atoms with Gasteiger partial charge in [-0.05, 0) is 66.2 Å². The number of carbonyl (C=O) groups is 4. The zero-order valence-electron chi connectivity index (χ0n) is 23.5. The highest BCUT2D eigenvalue weighted by atomic mass is 32.2. The number of phenolic OH excluding ortho intramolecular Hbond substituents is 2. The highest BCUT2D eigenvalue weighted by Gasteiger charge is 2.32. The van der Waals surface area contributed by atoms with Crippen molar-refractivity contribution in [2.45, 2.75) is 63.7 Å². The summed E-state index contributed by atoms with van der Waals surface area (Å²) in [6.45, 7) is 3.61. The molecule has 11 nitrogen and oxygen atoms in total. The highest BCUT2D eigenvalue weighted by Crippen LogP contribution is 2.14. The molecule has 0 saturated carbocycles. The van der Waals surface area contributed by atoms with Crippen molar-refractivity contribution in [1.82, 2.24) is 16.0 Å². The second-order valence-electron chi connectivity index (χ2n) is 9.96. The van der Waals surface area contributed by atoms with E-state index in [1.807, 2.05) is 13.2 Å².